The number of ether oxygens (including phenoxy) is 1. The van der Waals surface area contributed by atoms with Crippen LogP contribution in [0, 0.1) is 23.3 Å². The summed E-state index contributed by atoms with van der Waals surface area (Å²) in [5, 5.41) is 9.96. The van der Waals surface area contributed by atoms with Gasteiger partial charge in [-0.25, -0.2) is 17.6 Å². The first-order valence-corrected chi connectivity index (χ1v) is 5.60. The molecular weight excluding hydrogens is 276 g/mol. The largest absolute Gasteiger partial charge is 0.494 e. The maximum absolute atomic E-state index is 13.9. The van der Waals surface area contributed by atoms with E-state index in [1.165, 1.54) is 25.3 Å². The van der Waals surface area contributed by atoms with Gasteiger partial charge in [-0.1, -0.05) is 12.1 Å². The summed E-state index contributed by atoms with van der Waals surface area (Å²) in [6, 6.07) is 4.69. The first-order valence-electron chi connectivity index (χ1n) is 5.60. The van der Waals surface area contributed by atoms with Gasteiger partial charge in [0.05, 0.1) is 7.11 Å². The quantitative estimate of drug-likeness (QED) is 0.692. The normalized spacial score (nSPS) is 12.3. The molecule has 0 spiro atoms. The van der Waals surface area contributed by atoms with Crippen LogP contribution < -0.4 is 4.74 Å². The van der Waals surface area contributed by atoms with Crippen molar-refractivity contribution in [2.45, 2.75) is 6.10 Å². The Morgan fingerprint density at radius 1 is 0.950 bits per heavy atom. The zero-order valence-electron chi connectivity index (χ0n) is 10.3. The third kappa shape index (κ3) is 2.46. The first-order chi connectivity index (χ1) is 9.45. The molecule has 0 fully saturated rings. The van der Waals surface area contributed by atoms with Crippen LogP contribution in [0.3, 0.4) is 0 Å². The van der Waals surface area contributed by atoms with Gasteiger partial charge in [0.25, 0.3) is 0 Å². The smallest absolute Gasteiger partial charge is 0.171 e. The van der Waals surface area contributed by atoms with E-state index in [2.05, 4.69) is 0 Å². The molecule has 1 atom stereocenters. The van der Waals surface area contributed by atoms with Crippen molar-refractivity contribution in [2.24, 2.45) is 0 Å². The predicted molar refractivity (Wildman–Crippen MR) is 63.3 cm³/mol. The number of methoxy groups -OCH3 is 1. The van der Waals surface area contributed by atoms with Crippen molar-refractivity contribution in [1.29, 1.82) is 0 Å². The van der Waals surface area contributed by atoms with Crippen LogP contribution >= 0.6 is 0 Å². The molecule has 6 heteroatoms. The lowest BCUT2D eigenvalue weighted by Gasteiger charge is -2.15. The molecule has 0 aliphatic heterocycles. The monoisotopic (exact) mass is 286 g/mol. The zero-order valence-corrected chi connectivity index (χ0v) is 10.3. The lowest BCUT2D eigenvalue weighted by molar-refractivity contribution is 0.207. The summed E-state index contributed by atoms with van der Waals surface area (Å²) in [5.74, 6) is -4.93. The Morgan fingerprint density at radius 3 is 2.25 bits per heavy atom. The molecule has 2 aromatic carbocycles. The van der Waals surface area contributed by atoms with E-state index in [0.29, 0.717) is 12.1 Å². The van der Waals surface area contributed by atoms with Gasteiger partial charge in [-0.3, -0.25) is 0 Å². The molecule has 2 rings (SSSR count). The Hall–Kier alpha value is -2.08. The van der Waals surface area contributed by atoms with E-state index in [1.54, 1.807) is 0 Å². The Balaban J connectivity index is 2.52. The standard InChI is InChI=1S/C14H10F4O2/c1-20-12-4-2-3-7(13(12)18)14(19)8-5-10(16)11(17)6-9(8)15/h2-6,14,19H,1H3. The molecule has 2 aromatic rings. The molecule has 0 aliphatic carbocycles. The maximum atomic E-state index is 13.9. The molecule has 1 unspecified atom stereocenters. The summed E-state index contributed by atoms with van der Waals surface area (Å²) < 4.78 is 58.2. The second-order valence-corrected chi connectivity index (χ2v) is 4.05. The van der Waals surface area contributed by atoms with Gasteiger partial charge in [0.15, 0.2) is 23.2 Å². The van der Waals surface area contributed by atoms with Gasteiger partial charge in [0, 0.05) is 17.2 Å². The molecule has 0 amide bonds. The summed E-state index contributed by atoms with van der Waals surface area (Å²) in [7, 11) is 1.23. The third-order valence-corrected chi connectivity index (χ3v) is 2.84. The average molecular weight is 286 g/mol. The Morgan fingerprint density at radius 2 is 1.60 bits per heavy atom. The second-order valence-electron chi connectivity index (χ2n) is 4.05. The van der Waals surface area contributed by atoms with Crippen LogP contribution in [0.25, 0.3) is 0 Å². The number of aliphatic hydroxyl groups excluding tert-OH is 1. The summed E-state index contributed by atoms with van der Waals surface area (Å²) in [5.41, 5.74) is -0.856. The number of halogens is 4. The summed E-state index contributed by atoms with van der Waals surface area (Å²) in [4.78, 5) is 0. The van der Waals surface area contributed by atoms with Crippen LogP contribution in [0.4, 0.5) is 17.6 Å². The van der Waals surface area contributed by atoms with Gasteiger partial charge in [0.1, 0.15) is 11.9 Å². The Kier molecular flexibility index (Phi) is 3.94. The van der Waals surface area contributed by atoms with Gasteiger partial charge >= 0.3 is 0 Å². The number of rotatable bonds is 3. The van der Waals surface area contributed by atoms with Crippen molar-refractivity contribution in [2.75, 3.05) is 7.11 Å². The number of hydrogen-bond donors (Lipinski definition) is 1. The van der Waals surface area contributed by atoms with Crippen molar-refractivity contribution in [1.82, 2.24) is 0 Å². The fourth-order valence-electron chi connectivity index (χ4n) is 1.81. The summed E-state index contributed by atoms with van der Waals surface area (Å²) in [6.45, 7) is 0. The van der Waals surface area contributed by atoms with E-state index < -0.39 is 34.9 Å². The van der Waals surface area contributed by atoms with E-state index in [-0.39, 0.29) is 11.3 Å². The van der Waals surface area contributed by atoms with Crippen molar-refractivity contribution >= 4 is 0 Å². The highest BCUT2D eigenvalue weighted by Gasteiger charge is 2.22. The third-order valence-electron chi connectivity index (χ3n) is 2.84. The van der Waals surface area contributed by atoms with E-state index in [9.17, 15) is 22.7 Å². The molecule has 2 nitrogen and oxygen atoms in total. The molecule has 0 heterocycles. The Labute approximate surface area is 112 Å². The minimum atomic E-state index is -1.78. The lowest BCUT2D eigenvalue weighted by Crippen LogP contribution is -2.07. The van der Waals surface area contributed by atoms with Crippen LogP contribution in [-0.4, -0.2) is 12.2 Å². The van der Waals surface area contributed by atoms with E-state index in [0.717, 1.165) is 0 Å². The molecule has 1 N–H and O–H groups in total. The van der Waals surface area contributed by atoms with Gasteiger partial charge in [-0.15, -0.1) is 0 Å². The molecule has 106 valence electrons. The zero-order chi connectivity index (χ0) is 14.9. The van der Waals surface area contributed by atoms with E-state index in [1.807, 2.05) is 0 Å². The minimum absolute atomic E-state index is 0.149. The van der Waals surface area contributed by atoms with Crippen LogP contribution in [-0.2, 0) is 0 Å². The highest BCUT2D eigenvalue weighted by molar-refractivity contribution is 5.37. The predicted octanol–water partition coefficient (Wildman–Crippen LogP) is 3.33. The average Bonchev–Trinajstić information content (AvgIpc) is 2.42. The molecule has 20 heavy (non-hydrogen) atoms. The Bertz CT molecular complexity index is 643. The molecule has 0 radical (unpaired) electrons. The fraction of sp³-hybridized carbons (Fsp3) is 0.143. The van der Waals surface area contributed by atoms with Gasteiger partial charge in [-0.2, -0.15) is 0 Å². The van der Waals surface area contributed by atoms with Gasteiger partial charge in [0.2, 0.25) is 0 Å². The molecule has 0 aromatic heterocycles. The number of hydrogen-bond acceptors (Lipinski definition) is 2. The first kappa shape index (κ1) is 14.3. The SMILES string of the molecule is COc1cccc(C(O)c2cc(F)c(F)cc2F)c1F. The number of benzene rings is 2. The van der Waals surface area contributed by atoms with Crippen molar-refractivity contribution in [3.05, 3.63) is 64.7 Å². The van der Waals surface area contributed by atoms with E-state index in [4.69, 9.17) is 4.74 Å². The van der Waals surface area contributed by atoms with Gasteiger partial charge in [-0.05, 0) is 12.1 Å². The van der Waals surface area contributed by atoms with E-state index >= 15 is 0 Å². The highest BCUT2D eigenvalue weighted by Crippen LogP contribution is 2.31. The second kappa shape index (κ2) is 5.50. The molecule has 0 aliphatic rings. The van der Waals surface area contributed by atoms with Crippen molar-refractivity contribution in [3.8, 4) is 5.75 Å². The van der Waals surface area contributed by atoms with Crippen molar-refractivity contribution in [3.63, 3.8) is 0 Å². The summed E-state index contributed by atoms with van der Waals surface area (Å²) >= 11 is 0. The molecular formula is C14H10F4O2. The topological polar surface area (TPSA) is 29.5 Å². The van der Waals surface area contributed by atoms with Crippen LogP contribution in [0.2, 0.25) is 0 Å². The van der Waals surface area contributed by atoms with Crippen molar-refractivity contribution < 1.29 is 27.4 Å². The number of aliphatic hydroxyl groups is 1. The minimum Gasteiger partial charge on any atom is -0.494 e. The highest BCUT2D eigenvalue weighted by atomic mass is 19.2. The molecule has 0 saturated heterocycles. The lowest BCUT2D eigenvalue weighted by atomic mass is 10.00. The van der Waals surface area contributed by atoms with Crippen LogP contribution in [0.1, 0.15) is 17.2 Å². The van der Waals surface area contributed by atoms with Crippen LogP contribution in [0.5, 0.6) is 5.75 Å². The fourth-order valence-corrected chi connectivity index (χ4v) is 1.81. The molecule has 0 bridgehead atoms. The maximum Gasteiger partial charge on any atom is 0.171 e. The molecule has 0 saturated carbocycles. The van der Waals surface area contributed by atoms with Gasteiger partial charge < -0.3 is 9.84 Å². The van der Waals surface area contributed by atoms with Crippen LogP contribution in [0.15, 0.2) is 30.3 Å². The summed E-state index contributed by atoms with van der Waals surface area (Å²) in [6.07, 6.45) is -1.78.